The van der Waals surface area contributed by atoms with Crippen LogP contribution in [-0.2, 0) is 4.79 Å². The van der Waals surface area contributed by atoms with Crippen molar-refractivity contribution in [3.05, 3.63) is 59.7 Å². The molecule has 0 radical (unpaired) electrons. The summed E-state index contributed by atoms with van der Waals surface area (Å²) in [5, 5.41) is 15.0. The zero-order valence-corrected chi connectivity index (χ0v) is 17.4. The van der Waals surface area contributed by atoms with Crippen LogP contribution in [0.3, 0.4) is 0 Å². The van der Waals surface area contributed by atoms with Crippen LogP contribution in [-0.4, -0.2) is 35.0 Å². The molecule has 6 nitrogen and oxygen atoms in total. The van der Waals surface area contributed by atoms with Crippen molar-refractivity contribution in [1.82, 2.24) is 15.5 Å². The number of carbonyl (C=O) groups is 1. The minimum absolute atomic E-state index is 0.0546. The summed E-state index contributed by atoms with van der Waals surface area (Å²) in [7, 11) is 0. The number of nitrogens with one attached hydrogen (secondary N) is 2. The van der Waals surface area contributed by atoms with Gasteiger partial charge in [-0.15, -0.1) is 10.2 Å². The van der Waals surface area contributed by atoms with Crippen molar-refractivity contribution >= 4 is 39.8 Å². The average Bonchev–Trinajstić information content (AvgIpc) is 3.13. The third kappa shape index (κ3) is 6.54. The van der Waals surface area contributed by atoms with E-state index in [1.54, 1.807) is 0 Å². The van der Waals surface area contributed by atoms with Crippen LogP contribution in [0.15, 0.2) is 52.9 Å². The predicted molar refractivity (Wildman–Crippen MR) is 115 cm³/mol. The Morgan fingerprint density at radius 1 is 1.11 bits per heavy atom. The first-order chi connectivity index (χ1) is 13.6. The molecule has 2 N–H and O–H groups in total. The van der Waals surface area contributed by atoms with Crippen molar-refractivity contribution in [3.8, 4) is 5.75 Å². The molecule has 0 saturated heterocycles. The molecule has 0 atom stereocenters. The van der Waals surface area contributed by atoms with E-state index in [9.17, 15) is 4.79 Å². The highest BCUT2D eigenvalue weighted by Gasteiger charge is 2.08. The van der Waals surface area contributed by atoms with E-state index in [2.05, 4.69) is 20.8 Å². The van der Waals surface area contributed by atoms with Crippen LogP contribution >= 0.6 is 23.1 Å². The van der Waals surface area contributed by atoms with Crippen LogP contribution < -0.4 is 15.4 Å². The summed E-state index contributed by atoms with van der Waals surface area (Å²) in [6.07, 6.45) is 0. The normalized spacial score (nSPS) is 10.5. The third-order valence-corrected chi connectivity index (χ3v) is 5.69. The second kappa shape index (κ2) is 10.1. The molecule has 8 heteroatoms. The number of amides is 1. The maximum atomic E-state index is 12.0. The SMILES string of the molecule is Cc1ccc(Nc2nnc(SCC(=O)NCCOc3cccc(C)c3)s2)cc1. The number of nitrogens with zero attached hydrogens (tertiary/aromatic N) is 2. The standard InChI is InChI=1S/C20H22N4O2S2/c1-14-6-8-16(9-7-14)22-19-23-24-20(28-19)27-13-18(25)21-10-11-26-17-5-3-4-15(2)12-17/h3-9,12H,10-11,13H2,1-2H3,(H,21,25)(H,22,23). The van der Waals surface area contributed by atoms with Gasteiger partial charge in [-0.2, -0.15) is 0 Å². The van der Waals surface area contributed by atoms with Crippen molar-refractivity contribution in [2.45, 2.75) is 18.2 Å². The molecule has 3 rings (SSSR count). The summed E-state index contributed by atoms with van der Waals surface area (Å²) in [5.74, 6) is 1.05. The Hall–Kier alpha value is -2.58. The van der Waals surface area contributed by atoms with Crippen LogP contribution in [0.2, 0.25) is 0 Å². The van der Waals surface area contributed by atoms with Crippen molar-refractivity contribution in [2.75, 3.05) is 24.2 Å². The van der Waals surface area contributed by atoms with Crippen molar-refractivity contribution < 1.29 is 9.53 Å². The van der Waals surface area contributed by atoms with Crippen LogP contribution in [0.25, 0.3) is 0 Å². The van der Waals surface area contributed by atoms with Gasteiger partial charge in [-0.05, 0) is 43.7 Å². The first kappa shape index (κ1) is 20.2. The summed E-state index contributed by atoms with van der Waals surface area (Å²) in [6.45, 7) is 4.96. The number of hydrogen-bond donors (Lipinski definition) is 2. The van der Waals surface area contributed by atoms with Gasteiger partial charge < -0.3 is 15.4 Å². The molecular formula is C20H22N4O2S2. The Bertz CT molecular complexity index is 913. The van der Waals surface area contributed by atoms with Gasteiger partial charge in [0.25, 0.3) is 0 Å². The molecule has 0 spiro atoms. The summed E-state index contributed by atoms with van der Waals surface area (Å²) < 4.78 is 6.37. The fraction of sp³-hybridized carbons (Fsp3) is 0.250. The van der Waals surface area contributed by atoms with Crippen LogP contribution in [0, 0.1) is 13.8 Å². The minimum atomic E-state index is -0.0546. The minimum Gasteiger partial charge on any atom is -0.492 e. The molecule has 0 unspecified atom stereocenters. The summed E-state index contributed by atoms with van der Waals surface area (Å²) in [5.41, 5.74) is 3.31. The zero-order chi connectivity index (χ0) is 19.8. The number of anilines is 2. The molecule has 0 saturated carbocycles. The van der Waals surface area contributed by atoms with E-state index in [0.29, 0.717) is 24.0 Å². The van der Waals surface area contributed by atoms with E-state index in [1.165, 1.54) is 28.7 Å². The van der Waals surface area contributed by atoms with Crippen molar-refractivity contribution in [2.24, 2.45) is 0 Å². The number of rotatable bonds is 9. The van der Waals surface area contributed by atoms with E-state index >= 15 is 0 Å². The Balaban J connectivity index is 1.35. The fourth-order valence-electron chi connectivity index (χ4n) is 2.32. The Labute approximate surface area is 172 Å². The first-order valence-electron chi connectivity index (χ1n) is 8.85. The molecule has 0 aliphatic rings. The van der Waals surface area contributed by atoms with Crippen molar-refractivity contribution in [1.29, 1.82) is 0 Å². The Kier molecular flexibility index (Phi) is 7.27. The van der Waals surface area contributed by atoms with Gasteiger partial charge in [-0.3, -0.25) is 4.79 Å². The lowest BCUT2D eigenvalue weighted by atomic mass is 10.2. The summed E-state index contributed by atoms with van der Waals surface area (Å²) in [4.78, 5) is 12.0. The fourth-order valence-corrected chi connectivity index (χ4v) is 3.92. The van der Waals surface area contributed by atoms with Gasteiger partial charge in [0.1, 0.15) is 12.4 Å². The highest BCUT2D eigenvalue weighted by molar-refractivity contribution is 8.01. The molecule has 0 aliphatic carbocycles. The van der Waals surface area contributed by atoms with E-state index in [1.807, 2.05) is 62.4 Å². The van der Waals surface area contributed by atoms with Crippen molar-refractivity contribution in [3.63, 3.8) is 0 Å². The second-order valence-corrected chi connectivity index (χ2v) is 8.37. The van der Waals surface area contributed by atoms with E-state index < -0.39 is 0 Å². The largest absolute Gasteiger partial charge is 0.492 e. The molecule has 0 bridgehead atoms. The molecule has 0 fully saturated rings. The number of carbonyl (C=O) groups excluding carboxylic acids is 1. The van der Waals surface area contributed by atoms with Gasteiger partial charge in [0.05, 0.1) is 12.3 Å². The lowest BCUT2D eigenvalue weighted by Crippen LogP contribution is -2.29. The van der Waals surface area contributed by atoms with E-state index in [0.717, 1.165) is 21.3 Å². The molecular weight excluding hydrogens is 392 g/mol. The number of aryl methyl sites for hydroxylation is 2. The molecule has 2 aromatic carbocycles. The molecule has 146 valence electrons. The molecule has 1 heterocycles. The van der Waals surface area contributed by atoms with E-state index in [-0.39, 0.29) is 5.91 Å². The molecule has 28 heavy (non-hydrogen) atoms. The monoisotopic (exact) mass is 414 g/mol. The molecule has 0 aliphatic heterocycles. The predicted octanol–water partition coefficient (Wildman–Crippen LogP) is 4.19. The lowest BCUT2D eigenvalue weighted by Gasteiger charge is -2.07. The highest BCUT2D eigenvalue weighted by Crippen LogP contribution is 2.27. The number of ether oxygens (including phenoxy) is 1. The molecule has 1 amide bonds. The van der Waals surface area contributed by atoms with E-state index in [4.69, 9.17) is 4.74 Å². The maximum Gasteiger partial charge on any atom is 0.230 e. The van der Waals surface area contributed by atoms with Crippen LogP contribution in [0.5, 0.6) is 5.75 Å². The first-order valence-corrected chi connectivity index (χ1v) is 10.6. The summed E-state index contributed by atoms with van der Waals surface area (Å²) >= 11 is 2.80. The van der Waals surface area contributed by atoms with Gasteiger partial charge in [-0.1, -0.05) is 52.9 Å². The van der Waals surface area contributed by atoms with Gasteiger partial charge in [0.15, 0.2) is 4.34 Å². The number of thioether (sulfide) groups is 1. The van der Waals surface area contributed by atoms with Crippen LogP contribution in [0.4, 0.5) is 10.8 Å². The van der Waals surface area contributed by atoms with Gasteiger partial charge >= 0.3 is 0 Å². The zero-order valence-electron chi connectivity index (χ0n) is 15.8. The average molecular weight is 415 g/mol. The van der Waals surface area contributed by atoms with Gasteiger partial charge in [0.2, 0.25) is 11.0 Å². The van der Waals surface area contributed by atoms with Gasteiger partial charge in [-0.25, -0.2) is 0 Å². The quantitative estimate of drug-likeness (QED) is 0.404. The topological polar surface area (TPSA) is 76.1 Å². The summed E-state index contributed by atoms with van der Waals surface area (Å²) in [6, 6.07) is 15.9. The maximum absolute atomic E-state index is 12.0. The molecule has 3 aromatic rings. The highest BCUT2D eigenvalue weighted by atomic mass is 32.2. The van der Waals surface area contributed by atoms with Gasteiger partial charge in [0, 0.05) is 5.69 Å². The third-order valence-electron chi connectivity index (χ3n) is 3.72. The lowest BCUT2D eigenvalue weighted by molar-refractivity contribution is -0.118. The number of benzene rings is 2. The number of hydrogen-bond acceptors (Lipinski definition) is 7. The number of aromatic nitrogens is 2. The molecule has 1 aromatic heterocycles. The Morgan fingerprint density at radius 3 is 2.71 bits per heavy atom. The smallest absolute Gasteiger partial charge is 0.230 e. The second-order valence-electron chi connectivity index (χ2n) is 6.17. The Morgan fingerprint density at radius 2 is 1.93 bits per heavy atom. The van der Waals surface area contributed by atoms with Crippen LogP contribution in [0.1, 0.15) is 11.1 Å².